The number of carbonyl (C=O) groups is 2. The molecule has 27 heavy (non-hydrogen) atoms. The van der Waals surface area contributed by atoms with Crippen molar-refractivity contribution in [2.24, 2.45) is 0 Å². The minimum absolute atomic E-state index is 0.179. The third-order valence-electron chi connectivity index (χ3n) is 3.77. The molecule has 0 aliphatic carbocycles. The Morgan fingerprint density at radius 3 is 2.48 bits per heavy atom. The molecule has 0 N–H and O–H groups in total. The molecule has 2 rings (SSSR count). The van der Waals surface area contributed by atoms with E-state index in [1.165, 1.54) is 24.1 Å². The summed E-state index contributed by atoms with van der Waals surface area (Å²) in [6.45, 7) is 2.28. The number of benzene rings is 2. The number of hydrogen-bond acceptors (Lipinski definition) is 5. The van der Waals surface area contributed by atoms with Crippen LogP contribution in [0, 0.1) is 0 Å². The van der Waals surface area contributed by atoms with E-state index in [4.69, 9.17) is 25.8 Å². The van der Waals surface area contributed by atoms with Gasteiger partial charge in [0.15, 0.2) is 18.1 Å². The quantitative estimate of drug-likeness (QED) is 0.644. The average Bonchev–Trinajstić information content (AvgIpc) is 2.67. The summed E-state index contributed by atoms with van der Waals surface area (Å²) in [5.41, 5.74) is 1.17. The second-order valence-corrected chi connectivity index (χ2v) is 6.14. The van der Waals surface area contributed by atoms with Crippen LogP contribution in [-0.4, -0.2) is 44.1 Å². The number of hydrogen-bond donors (Lipinski definition) is 0. The van der Waals surface area contributed by atoms with E-state index in [2.05, 4.69) is 0 Å². The molecule has 6 nitrogen and oxygen atoms in total. The highest BCUT2D eigenvalue weighted by Gasteiger charge is 2.18. The third kappa shape index (κ3) is 5.62. The van der Waals surface area contributed by atoms with Crippen LogP contribution in [0.5, 0.6) is 11.5 Å². The van der Waals surface area contributed by atoms with Crippen molar-refractivity contribution in [1.29, 1.82) is 0 Å². The lowest BCUT2D eigenvalue weighted by Gasteiger charge is -2.17. The van der Waals surface area contributed by atoms with Gasteiger partial charge in [-0.3, -0.25) is 4.79 Å². The molecule has 0 aliphatic heterocycles. The maximum atomic E-state index is 12.3. The normalized spacial score (nSPS) is 10.2. The smallest absolute Gasteiger partial charge is 0.338 e. The Hall–Kier alpha value is -2.73. The molecule has 0 spiro atoms. The van der Waals surface area contributed by atoms with E-state index < -0.39 is 5.97 Å². The monoisotopic (exact) mass is 391 g/mol. The van der Waals surface area contributed by atoms with Crippen molar-refractivity contribution < 1.29 is 23.8 Å². The van der Waals surface area contributed by atoms with E-state index in [0.717, 1.165) is 5.56 Å². The number of carbonyl (C=O) groups excluding carboxylic acids is 2. The summed E-state index contributed by atoms with van der Waals surface area (Å²) in [6, 6.07) is 12.4. The second-order valence-electron chi connectivity index (χ2n) is 5.73. The number of likely N-dealkylation sites (N-methyl/N-ethyl adjacent to an activating group) is 1. The van der Waals surface area contributed by atoms with Crippen LogP contribution in [0.15, 0.2) is 42.5 Å². The van der Waals surface area contributed by atoms with E-state index in [1.807, 2.05) is 37.3 Å². The van der Waals surface area contributed by atoms with Crippen LogP contribution in [0.2, 0.25) is 5.02 Å². The average molecular weight is 392 g/mol. The van der Waals surface area contributed by atoms with Crippen LogP contribution in [0.1, 0.15) is 22.8 Å². The predicted molar refractivity (Wildman–Crippen MR) is 102 cm³/mol. The number of ether oxygens (including phenoxy) is 3. The first kappa shape index (κ1) is 20.6. The molecule has 0 saturated carbocycles. The molecule has 0 aliphatic rings. The van der Waals surface area contributed by atoms with Gasteiger partial charge in [0.05, 0.1) is 24.3 Å². The summed E-state index contributed by atoms with van der Waals surface area (Å²) in [6.07, 6.45) is 0. The largest absolute Gasteiger partial charge is 0.493 e. The fraction of sp³-hybridized carbons (Fsp3) is 0.300. The zero-order valence-corrected chi connectivity index (χ0v) is 16.3. The predicted octanol–water partition coefficient (Wildman–Crippen LogP) is 3.56. The highest BCUT2D eigenvalue weighted by atomic mass is 35.5. The van der Waals surface area contributed by atoms with E-state index in [0.29, 0.717) is 24.7 Å². The van der Waals surface area contributed by atoms with Gasteiger partial charge in [-0.1, -0.05) is 41.9 Å². The third-order valence-corrected chi connectivity index (χ3v) is 4.05. The lowest BCUT2D eigenvalue weighted by Crippen LogP contribution is -2.30. The number of amides is 1. The minimum atomic E-state index is -0.667. The Morgan fingerprint density at radius 1 is 1.15 bits per heavy atom. The first-order chi connectivity index (χ1) is 13.0. The molecule has 2 aromatic rings. The number of esters is 1. The van der Waals surface area contributed by atoms with Gasteiger partial charge < -0.3 is 19.1 Å². The molecule has 7 heteroatoms. The second kappa shape index (κ2) is 9.83. The molecule has 0 saturated heterocycles. The lowest BCUT2D eigenvalue weighted by molar-refractivity contribution is -0.133. The number of methoxy groups -OCH3 is 1. The number of nitrogens with zero attached hydrogens (tertiary/aromatic N) is 1. The van der Waals surface area contributed by atoms with Gasteiger partial charge in [0.1, 0.15) is 0 Å². The first-order valence-corrected chi connectivity index (χ1v) is 8.79. The molecule has 144 valence electrons. The van der Waals surface area contributed by atoms with E-state index >= 15 is 0 Å². The standard InChI is InChI=1S/C20H22ClNO5/c1-4-26-19-16(21)10-15(11-17(19)25-3)20(24)27-13-18(23)22(2)12-14-8-6-5-7-9-14/h5-11H,4,12-13H2,1-3H3. The van der Waals surface area contributed by atoms with Crippen molar-refractivity contribution in [3.63, 3.8) is 0 Å². The number of rotatable bonds is 8. The van der Waals surface area contributed by atoms with Gasteiger partial charge in [-0.2, -0.15) is 0 Å². The Labute approximate surface area is 163 Å². The Bertz CT molecular complexity index is 794. The van der Waals surface area contributed by atoms with Crippen molar-refractivity contribution in [3.8, 4) is 11.5 Å². The van der Waals surface area contributed by atoms with Crippen LogP contribution >= 0.6 is 11.6 Å². The minimum Gasteiger partial charge on any atom is -0.493 e. The molecular formula is C20H22ClNO5. The Kier molecular flexibility index (Phi) is 7.49. The first-order valence-electron chi connectivity index (χ1n) is 8.41. The molecular weight excluding hydrogens is 370 g/mol. The fourth-order valence-electron chi connectivity index (χ4n) is 2.39. The summed E-state index contributed by atoms with van der Waals surface area (Å²) in [5, 5.41) is 0.232. The van der Waals surface area contributed by atoms with Gasteiger partial charge in [0, 0.05) is 13.6 Å². The van der Waals surface area contributed by atoms with Crippen molar-refractivity contribution in [1.82, 2.24) is 4.90 Å². The molecule has 0 fully saturated rings. The van der Waals surface area contributed by atoms with Gasteiger partial charge >= 0.3 is 5.97 Å². The van der Waals surface area contributed by atoms with Gasteiger partial charge in [-0.15, -0.1) is 0 Å². The molecule has 0 heterocycles. The topological polar surface area (TPSA) is 65.1 Å². The summed E-state index contributed by atoms with van der Waals surface area (Å²) in [5.74, 6) is -0.295. The fourth-order valence-corrected chi connectivity index (χ4v) is 2.65. The van der Waals surface area contributed by atoms with Crippen LogP contribution in [0.25, 0.3) is 0 Å². The summed E-state index contributed by atoms with van der Waals surface area (Å²) in [4.78, 5) is 26.0. The molecule has 2 aromatic carbocycles. The molecule has 0 bridgehead atoms. The van der Waals surface area contributed by atoms with Crippen molar-refractivity contribution in [2.45, 2.75) is 13.5 Å². The summed E-state index contributed by atoms with van der Waals surface area (Å²) in [7, 11) is 3.10. The van der Waals surface area contributed by atoms with Crippen molar-refractivity contribution >= 4 is 23.5 Å². The van der Waals surface area contributed by atoms with Crippen LogP contribution in [0.4, 0.5) is 0 Å². The van der Waals surface area contributed by atoms with Crippen LogP contribution in [0.3, 0.4) is 0 Å². The molecule has 0 atom stereocenters. The van der Waals surface area contributed by atoms with Crippen molar-refractivity contribution in [3.05, 3.63) is 58.6 Å². The van der Waals surface area contributed by atoms with E-state index in [-0.39, 0.29) is 23.1 Å². The van der Waals surface area contributed by atoms with Gasteiger partial charge in [-0.05, 0) is 24.6 Å². The van der Waals surface area contributed by atoms with Gasteiger partial charge in [0.2, 0.25) is 0 Å². The molecule has 1 amide bonds. The molecule has 0 radical (unpaired) electrons. The summed E-state index contributed by atoms with van der Waals surface area (Å²) >= 11 is 6.15. The van der Waals surface area contributed by atoms with Crippen LogP contribution in [-0.2, 0) is 16.1 Å². The van der Waals surface area contributed by atoms with Gasteiger partial charge in [-0.25, -0.2) is 4.79 Å². The Morgan fingerprint density at radius 2 is 1.85 bits per heavy atom. The zero-order chi connectivity index (χ0) is 19.8. The summed E-state index contributed by atoms with van der Waals surface area (Å²) < 4.78 is 15.7. The highest BCUT2D eigenvalue weighted by molar-refractivity contribution is 6.32. The van der Waals surface area contributed by atoms with Gasteiger partial charge in [0.25, 0.3) is 5.91 Å². The van der Waals surface area contributed by atoms with Crippen LogP contribution < -0.4 is 9.47 Å². The van der Waals surface area contributed by atoms with E-state index in [9.17, 15) is 9.59 Å². The highest BCUT2D eigenvalue weighted by Crippen LogP contribution is 2.36. The van der Waals surface area contributed by atoms with E-state index in [1.54, 1.807) is 7.05 Å². The maximum Gasteiger partial charge on any atom is 0.338 e. The molecule has 0 unspecified atom stereocenters. The maximum absolute atomic E-state index is 12.3. The van der Waals surface area contributed by atoms with Crippen molar-refractivity contribution in [2.75, 3.05) is 27.4 Å². The SMILES string of the molecule is CCOc1c(Cl)cc(C(=O)OCC(=O)N(C)Cc2ccccc2)cc1OC. The number of halogens is 1. The Balaban J connectivity index is 1.98. The lowest BCUT2D eigenvalue weighted by atomic mass is 10.2. The zero-order valence-electron chi connectivity index (χ0n) is 15.5. The molecule has 0 aromatic heterocycles.